The van der Waals surface area contributed by atoms with Crippen LogP contribution in [0, 0.1) is 0 Å². The van der Waals surface area contributed by atoms with Crippen LogP contribution in [0.5, 0.6) is 0 Å². The summed E-state index contributed by atoms with van der Waals surface area (Å²) in [6.07, 6.45) is 21.8. The lowest BCUT2D eigenvalue weighted by molar-refractivity contribution is -0.0269. The lowest BCUT2D eigenvalue weighted by Gasteiger charge is -2.16. The molecule has 0 N–H and O–H groups in total. The van der Waals surface area contributed by atoms with Crippen LogP contribution < -0.4 is 0 Å². The van der Waals surface area contributed by atoms with Crippen molar-refractivity contribution in [2.75, 3.05) is 13.2 Å². The van der Waals surface area contributed by atoms with Gasteiger partial charge in [0.15, 0.2) is 0 Å². The van der Waals surface area contributed by atoms with E-state index in [1.54, 1.807) is 0 Å². The van der Waals surface area contributed by atoms with E-state index >= 15 is 0 Å². The molecule has 0 spiro atoms. The minimum absolute atomic E-state index is 0.204. The number of aryl methyl sites for hydroxylation is 1. The summed E-state index contributed by atoms with van der Waals surface area (Å²) in [4.78, 5) is 0. The number of hydrogen-bond donors (Lipinski definition) is 0. The van der Waals surface area contributed by atoms with Gasteiger partial charge in [-0.25, -0.2) is 0 Å². The molecule has 2 rings (SSSR count). The van der Waals surface area contributed by atoms with Crippen molar-refractivity contribution in [3.8, 4) is 0 Å². The molecule has 0 radical (unpaired) electrons. The Kier molecular flexibility index (Phi) is 29.6. The molecule has 0 heterocycles. The van der Waals surface area contributed by atoms with Gasteiger partial charge >= 0.3 is 0 Å². The molecular formula is C37H64O2. The molecule has 1 atom stereocenters. The van der Waals surface area contributed by atoms with E-state index in [-0.39, 0.29) is 6.10 Å². The molecule has 2 aromatic carbocycles. The molecule has 0 aromatic heterocycles. The first-order valence-electron chi connectivity index (χ1n) is 16.7. The minimum atomic E-state index is 0.204. The first-order valence-corrected chi connectivity index (χ1v) is 16.7. The second-order valence-corrected chi connectivity index (χ2v) is 10.1. The Labute approximate surface area is 244 Å². The third-order valence-corrected chi connectivity index (χ3v) is 6.93. The first-order chi connectivity index (χ1) is 19.4. The van der Waals surface area contributed by atoms with Crippen LogP contribution in [0.1, 0.15) is 142 Å². The van der Waals surface area contributed by atoms with Crippen LogP contribution in [0.15, 0.2) is 60.7 Å². The Morgan fingerprint density at radius 2 is 0.923 bits per heavy atom. The monoisotopic (exact) mass is 540 g/mol. The van der Waals surface area contributed by atoms with E-state index < -0.39 is 0 Å². The summed E-state index contributed by atoms with van der Waals surface area (Å²) in [5.41, 5.74) is 2.72. The number of hydrogen-bond acceptors (Lipinski definition) is 2. The zero-order chi connectivity index (χ0) is 28.7. The summed E-state index contributed by atoms with van der Waals surface area (Å²) < 4.78 is 11.9. The van der Waals surface area contributed by atoms with Crippen LogP contribution in [0.3, 0.4) is 0 Å². The Bertz CT molecular complexity index is 685. The standard InChI is InChI=1S/C33H52O2.2C2H6/c1-2-33(35-29-32-26-20-16-21-27-32)30-34-28-22-14-12-10-8-6-4-3-5-7-9-11-13-17-23-31-24-18-15-19-25-31;2*1-2/h15-16,18-21,24-27,33H,2-14,17,22-23,28-30H2,1H3;2*1-2H3. The van der Waals surface area contributed by atoms with Gasteiger partial charge in [0.25, 0.3) is 0 Å². The van der Waals surface area contributed by atoms with Crippen LogP contribution >= 0.6 is 0 Å². The number of ether oxygens (including phenoxy) is 2. The van der Waals surface area contributed by atoms with Crippen molar-refractivity contribution >= 4 is 0 Å². The summed E-state index contributed by atoms with van der Waals surface area (Å²) in [7, 11) is 0. The van der Waals surface area contributed by atoms with Gasteiger partial charge < -0.3 is 9.47 Å². The maximum absolute atomic E-state index is 6.00. The van der Waals surface area contributed by atoms with Crippen molar-refractivity contribution in [3.63, 3.8) is 0 Å². The van der Waals surface area contributed by atoms with Crippen molar-refractivity contribution in [1.82, 2.24) is 0 Å². The van der Waals surface area contributed by atoms with E-state index in [2.05, 4.69) is 61.5 Å². The smallest absolute Gasteiger partial charge is 0.0810 e. The fraction of sp³-hybridized carbons (Fsp3) is 0.676. The van der Waals surface area contributed by atoms with Gasteiger partial charge in [0.05, 0.1) is 19.3 Å². The normalized spacial score (nSPS) is 11.2. The predicted molar refractivity (Wildman–Crippen MR) is 174 cm³/mol. The van der Waals surface area contributed by atoms with Crippen LogP contribution in [0.25, 0.3) is 0 Å². The van der Waals surface area contributed by atoms with E-state index in [9.17, 15) is 0 Å². The van der Waals surface area contributed by atoms with Gasteiger partial charge in [-0.3, -0.25) is 0 Å². The molecule has 39 heavy (non-hydrogen) atoms. The van der Waals surface area contributed by atoms with Crippen LogP contribution in [-0.4, -0.2) is 19.3 Å². The summed E-state index contributed by atoms with van der Waals surface area (Å²) in [6.45, 7) is 12.4. The fourth-order valence-corrected chi connectivity index (χ4v) is 4.59. The van der Waals surface area contributed by atoms with Gasteiger partial charge in [-0.05, 0) is 36.8 Å². The van der Waals surface area contributed by atoms with Gasteiger partial charge in [0.1, 0.15) is 0 Å². The molecule has 0 saturated heterocycles. The van der Waals surface area contributed by atoms with Crippen molar-refractivity contribution in [2.24, 2.45) is 0 Å². The molecule has 0 aliphatic rings. The molecule has 1 unspecified atom stereocenters. The molecule has 0 bridgehead atoms. The second-order valence-electron chi connectivity index (χ2n) is 10.1. The topological polar surface area (TPSA) is 18.5 Å². The Hall–Kier alpha value is -1.64. The lowest BCUT2D eigenvalue weighted by atomic mass is 10.0. The van der Waals surface area contributed by atoms with Gasteiger partial charge in [0, 0.05) is 6.61 Å². The third-order valence-electron chi connectivity index (χ3n) is 6.93. The molecule has 2 heteroatoms. The predicted octanol–water partition coefficient (Wildman–Crippen LogP) is 11.8. The van der Waals surface area contributed by atoms with E-state index in [4.69, 9.17) is 9.47 Å². The van der Waals surface area contributed by atoms with E-state index in [1.165, 1.54) is 107 Å². The number of benzene rings is 2. The van der Waals surface area contributed by atoms with Gasteiger partial charge in [-0.1, -0.05) is 172 Å². The highest BCUT2D eigenvalue weighted by molar-refractivity contribution is 5.14. The van der Waals surface area contributed by atoms with Crippen LogP contribution in [0.4, 0.5) is 0 Å². The first kappa shape index (κ1) is 37.4. The molecule has 0 aliphatic heterocycles. The molecule has 2 nitrogen and oxygen atoms in total. The molecule has 2 aromatic rings. The highest BCUT2D eigenvalue weighted by Crippen LogP contribution is 2.14. The second kappa shape index (κ2) is 30.9. The quantitative estimate of drug-likeness (QED) is 0.130. The fourth-order valence-electron chi connectivity index (χ4n) is 4.59. The summed E-state index contributed by atoms with van der Waals surface area (Å²) in [5.74, 6) is 0. The van der Waals surface area contributed by atoms with Crippen molar-refractivity contribution in [2.45, 2.75) is 150 Å². The number of rotatable bonds is 23. The molecular weight excluding hydrogens is 476 g/mol. The van der Waals surface area contributed by atoms with Crippen molar-refractivity contribution < 1.29 is 9.47 Å². The maximum Gasteiger partial charge on any atom is 0.0810 e. The Balaban J connectivity index is 0.00000344. The average Bonchev–Trinajstić information content (AvgIpc) is 3.01. The summed E-state index contributed by atoms with van der Waals surface area (Å²) in [5, 5.41) is 0. The molecule has 0 saturated carbocycles. The molecule has 0 fully saturated rings. The maximum atomic E-state index is 6.00. The van der Waals surface area contributed by atoms with E-state index in [0.717, 1.165) is 19.6 Å². The van der Waals surface area contributed by atoms with Crippen LogP contribution in [-0.2, 0) is 22.5 Å². The van der Waals surface area contributed by atoms with Gasteiger partial charge in [0.2, 0.25) is 0 Å². The largest absolute Gasteiger partial charge is 0.379 e. The summed E-state index contributed by atoms with van der Waals surface area (Å²) in [6, 6.07) is 21.3. The van der Waals surface area contributed by atoms with Gasteiger partial charge in [-0.2, -0.15) is 0 Å². The Morgan fingerprint density at radius 3 is 1.38 bits per heavy atom. The average molecular weight is 541 g/mol. The highest BCUT2D eigenvalue weighted by Gasteiger charge is 2.07. The number of unbranched alkanes of at least 4 members (excludes halogenated alkanes) is 13. The zero-order valence-electron chi connectivity index (χ0n) is 26.6. The van der Waals surface area contributed by atoms with Crippen molar-refractivity contribution in [3.05, 3.63) is 71.8 Å². The van der Waals surface area contributed by atoms with Gasteiger partial charge in [-0.15, -0.1) is 0 Å². The molecule has 0 amide bonds. The highest BCUT2D eigenvalue weighted by atomic mass is 16.5. The molecule has 0 aliphatic carbocycles. The van der Waals surface area contributed by atoms with Crippen molar-refractivity contribution in [1.29, 1.82) is 0 Å². The minimum Gasteiger partial charge on any atom is -0.379 e. The van der Waals surface area contributed by atoms with E-state index in [1.807, 2.05) is 33.8 Å². The SMILES string of the molecule is CC.CC.CCC(COCCCCCCCCCCCCCCCCc1ccccc1)OCc1ccccc1. The summed E-state index contributed by atoms with van der Waals surface area (Å²) >= 11 is 0. The zero-order valence-corrected chi connectivity index (χ0v) is 26.6. The Morgan fingerprint density at radius 1 is 0.513 bits per heavy atom. The lowest BCUT2D eigenvalue weighted by Crippen LogP contribution is -2.19. The van der Waals surface area contributed by atoms with Crippen LogP contribution in [0.2, 0.25) is 0 Å². The van der Waals surface area contributed by atoms with E-state index in [0.29, 0.717) is 6.61 Å². The molecule has 224 valence electrons. The third kappa shape index (κ3) is 23.9.